The lowest BCUT2D eigenvalue weighted by atomic mass is 9.99. The normalized spacial score (nSPS) is 17.7. The van der Waals surface area contributed by atoms with Crippen LogP contribution in [0.4, 0.5) is 11.4 Å². The fourth-order valence-electron chi connectivity index (χ4n) is 4.46. The van der Waals surface area contributed by atoms with Crippen molar-refractivity contribution >= 4 is 28.8 Å². The van der Waals surface area contributed by atoms with Gasteiger partial charge in [0.25, 0.3) is 11.8 Å². The van der Waals surface area contributed by atoms with Gasteiger partial charge in [-0.3, -0.25) is 14.5 Å². The van der Waals surface area contributed by atoms with Crippen LogP contribution in [0.5, 0.6) is 0 Å². The highest BCUT2D eigenvalue weighted by molar-refractivity contribution is 6.36. The van der Waals surface area contributed by atoms with Crippen molar-refractivity contribution in [2.24, 2.45) is 5.92 Å². The third-order valence-electron chi connectivity index (χ3n) is 6.71. The molecule has 4 rings (SSSR count). The number of amides is 2. The van der Waals surface area contributed by atoms with Gasteiger partial charge in [0.15, 0.2) is 0 Å². The lowest BCUT2D eigenvalue weighted by molar-refractivity contribution is -0.138. The van der Waals surface area contributed by atoms with E-state index in [2.05, 4.69) is 29.3 Å². The van der Waals surface area contributed by atoms with Crippen molar-refractivity contribution < 1.29 is 9.59 Å². The fraction of sp³-hybridized carbons (Fsp3) is 0.407. The third-order valence-corrected chi connectivity index (χ3v) is 6.71. The van der Waals surface area contributed by atoms with Crippen molar-refractivity contribution in [2.75, 3.05) is 23.3 Å². The van der Waals surface area contributed by atoms with Crippen molar-refractivity contribution in [3.8, 4) is 0 Å². The van der Waals surface area contributed by atoms with Crippen LogP contribution in [0.15, 0.2) is 48.2 Å². The maximum absolute atomic E-state index is 13.2. The molecule has 2 aliphatic heterocycles. The standard InChI is InChI=1S/C27H33N3O2/c1-17(2)30-26(31)24(21-7-6-19(4)20(5)16-21)25(27(30)32)28-22-8-10-23(11-9-22)29-14-12-18(3)13-15-29/h6-11,16-18,28H,12-15H2,1-5H3. The molecule has 0 atom stereocenters. The monoisotopic (exact) mass is 431 g/mol. The van der Waals surface area contributed by atoms with E-state index in [9.17, 15) is 9.59 Å². The van der Waals surface area contributed by atoms with Gasteiger partial charge in [0.2, 0.25) is 0 Å². The molecule has 0 bridgehead atoms. The highest BCUT2D eigenvalue weighted by atomic mass is 16.2. The van der Waals surface area contributed by atoms with Crippen LogP contribution in [0.25, 0.3) is 5.57 Å². The van der Waals surface area contributed by atoms with E-state index in [0.29, 0.717) is 11.3 Å². The minimum atomic E-state index is -0.271. The predicted octanol–water partition coefficient (Wildman–Crippen LogP) is 5.14. The zero-order chi connectivity index (χ0) is 23.0. The summed E-state index contributed by atoms with van der Waals surface area (Å²) in [5, 5.41) is 3.27. The largest absolute Gasteiger partial charge is 0.372 e. The van der Waals surface area contributed by atoms with Crippen molar-refractivity contribution in [3.63, 3.8) is 0 Å². The highest BCUT2D eigenvalue weighted by Crippen LogP contribution is 2.33. The van der Waals surface area contributed by atoms with E-state index in [-0.39, 0.29) is 17.9 Å². The van der Waals surface area contributed by atoms with E-state index in [0.717, 1.165) is 41.4 Å². The van der Waals surface area contributed by atoms with Gasteiger partial charge in [0.05, 0.1) is 5.57 Å². The van der Waals surface area contributed by atoms with E-state index in [1.807, 2.05) is 58.0 Å². The number of rotatable bonds is 5. The van der Waals surface area contributed by atoms with E-state index in [1.54, 1.807) is 0 Å². The smallest absolute Gasteiger partial charge is 0.278 e. The number of benzene rings is 2. The maximum Gasteiger partial charge on any atom is 0.278 e. The summed E-state index contributed by atoms with van der Waals surface area (Å²) in [5.74, 6) is 0.278. The molecule has 2 heterocycles. The molecular formula is C27H33N3O2. The van der Waals surface area contributed by atoms with Gasteiger partial charge in [-0.05, 0) is 87.4 Å². The molecule has 32 heavy (non-hydrogen) atoms. The van der Waals surface area contributed by atoms with E-state index in [4.69, 9.17) is 0 Å². The molecule has 0 spiro atoms. The first-order chi connectivity index (χ1) is 15.3. The minimum Gasteiger partial charge on any atom is -0.372 e. The summed E-state index contributed by atoms with van der Waals surface area (Å²) in [4.78, 5) is 30.2. The third kappa shape index (κ3) is 4.16. The van der Waals surface area contributed by atoms with Gasteiger partial charge in [-0.1, -0.05) is 25.1 Å². The van der Waals surface area contributed by atoms with Crippen LogP contribution in [-0.2, 0) is 9.59 Å². The minimum absolute atomic E-state index is 0.209. The van der Waals surface area contributed by atoms with Gasteiger partial charge in [0, 0.05) is 30.5 Å². The van der Waals surface area contributed by atoms with E-state index >= 15 is 0 Å². The summed E-state index contributed by atoms with van der Waals surface area (Å²) in [5.41, 5.74) is 5.83. The first-order valence-corrected chi connectivity index (χ1v) is 11.6. The summed E-state index contributed by atoms with van der Waals surface area (Å²) in [7, 11) is 0. The number of imide groups is 1. The molecule has 168 valence electrons. The number of anilines is 2. The Balaban J connectivity index is 1.65. The number of nitrogens with one attached hydrogen (secondary N) is 1. The quantitative estimate of drug-likeness (QED) is 0.666. The Labute approximate surface area is 191 Å². The number of hydrogen-bond donors (Lipinski definition) is 1. The zero-order valence-electron chi connectivity index (χ0n) is 19.7. The predicted molar refractivity (Wildman–Crippen MR) is 131 cm³/mol. The Kier molecular flexibility index (Phi) is 6.09. The van der Waals surface area contributed by atoms with Crippen LogP contribution < -0.4 is 10.2 Å². The second-order valence-electron chi connectivity index (χ2n) is 9.46. The first kappa shape index (κ1) is 22.1. The molecule has 1 fully saturated rings. The fourth-order valence-corrected chi connectivity index (χ4v) is 4.46. The number of hydrogen-bond acceptors (Lipinski definition) is 4. The molecular weight excluding hydrogens is 398 g/mol. The molecule has 0 aliphatic carbocycles. The van der Waals surface area contributed by atoms with Crippen molar-refractivity contribution in [2.45, 2.75) is 53.5 Å². The van der Waals surface area contributed by atoms with Gasteiger partial charge < -0.3 is 10.2 Å². The molecule has 2 amide bonds. The lowest BCUT2D eigenvalue weighted by Crippen LogP contribution is -2.38. The summed E-state index contributed by atoms with van der Waals surface area (Å²) >= 11 is 0. The molecule has 2 aromatic carbocycles. The zero-order valence-corrected chi connectivity index (χ0v) is 19.7. The topological polar surface area (TPSA) is 52.7 Å². The number of piperidine rings is 1. The summed E-state index contributed by atoms with van der Waals surface area (Å²) < 4.78 is 0. The van der Waals surface area contributed by atoms with Gasteiger partial charge in [-0.25, -0.2) is 0 Å². The summed E-state index contributed by atoms with van der Waals surface area (Å²) in [6, 6.07) is 13.9. The van der Waals surface area contributed by atoms with Crippen LogP contribution in [0.3, 0.4) is 0 Å². The van der Waals surface area contributed by atoms with Gasteiger partial charge in [-0.2, -0.15) is 0 Å². The van der Waals surface area contributed by atoms with Crippen molar-refractivity contribution in [1.29, 1.82) is 0 Å². The van der Waals surface area contributed by atoms with Crippen LogP contribution in [0.1, 0.15) is 50.3 Å². The second-order valence-corrected chi connectivity index (χ2v) is 9.46. The summed E-state index contributed by atoms with van der Waals surface area (Å²) in [6.07, 6.45) is 2.43. The number of carbonyl (C=O) groups is 2. The Hall–Kier alpha value is -3.08. The van der Waals surface area contributed by atoms with Gasteiger partial charge in [0.1, 0.15) is 5.70 Å². The van der Waals surface area contributed by atoms with Gasteiger partial charge in [-0.15, -0.1) is 0 Å². The van der Waals surface area contributed by atoms with Crippen LogP contribution >= 0.6 is 0 Å². The van der Waals surface area contributed by atoms with Crippen molar-refractivity contribution in [1.82, 2.24) is 4.90 Å². The molecule has 0 unspecified atom stereocenters. The van der Waals surface area contributed by atoms with E-state index in [1.165, 1.54) is 23.4 Å². The second kappa shape index (κ2) is 8.81. The molecule has 0 aromatic heterocycles. The molecule has 1 saturated heterocycles. The molecule has 2 aliphatic rings. The average molecular weight is 432 g/mol. The molecule has 5 nitrogen and oxygen atoms in total. The molecule has 1 N–H and O–H groups in total. The highest BCUT2D eigenvalue weighted by Gasteiger charge is 2.40. The Bertz CT molecular complexity index is 1060. The van der Waals surface area contributed by atoms with Gasteiger partial charge >= 0.3 is 0 Å². The number of carbonyl (C=O) groups excluding carboxylic acids is 2. The Morgan fingerprint density at radius 2 is 1.56 bits per heavy atom. The summed E-state index contributed by atoms with van der Waals surface area (Å²) in [6.45, 7) is 12.3. The van der Waals surface area contributed by atoms with Crippen LogP contribution in [0.2, 0.25) is 0 Å². The van der Waals surface area contributed by atoms with Crippen molar-refractivity contribution in [3.05, 3.63) is 64.9 Å². The Morgan fingerprint density at radius 3 is 2.16 bits per heavy atom. The molecule has 2 aromatic rings. The lowest BCUT2D eigenvalue weighted by Gasteiger charge is -2.32. The SMILES string of the molecule is Cc1ccc(C2=C(Nc3ccc(N4CCC(C)CC4)cc3)C(=O)N(C(C)C)C2=O)cc1C. The average Bonchev–Trinajstić information content (AvgIpc) is 3.01. The molecule has 0 radical (unpaired) electrons. The maximum atomic E-state index is 13.2. The number of aryl methyl sites for hydroxylation is 2. The number of nitrogens with zero attached hydrogens (tertiary/aromatic N) is 2. The Morgan fingerprint density at radius 1 is 0.906 bits per heavy atom. The van der Waals surface area contributed by atoms with Crippen LogP contribution in [0, 0.1) is 19.8 Å². The van der Waals surface area contributed by atoms with Crippen LogP contribution in [-0.4, -0.2) is 35.8 Å². The first-order valence-electron chi connectivity index (χ1n) is 11.6. The molecule has 0 saturated carbocycles. The molecule has 5 heteroatoms. The van der Waals surface area contributed by atoms with E-state index < -0.39 is 0 Å².